The van der Waals surface area contributed by atoms with Crippen LogP contribution >= 0.6 is 0 Å². The van der Waals surface area contributed by atoms with Crippen molar-refractivity contribution in [1.82, 2.24) is 34.4 Å². The van der Waals surface area contributed by atoms with E-state index in [9.17, 15) is 9.59 Å². The first-order valence-electron chi connectivity index (χ1n) is 11.9. The number of amides is 2. The fraction of sp³-hybridized carbons (Fsp3) is 0.360. The first-order valence-corrected chi connectivity index (χ1v) is 11.9. The molecule has 2 amide bonds. The minimum atomic E-state index is -0.332. The molecule has 0 bridgehead atoms. The highest BCUT2D eigenvalue weighted by atomic mass is 16.6. The van der Waals surface area contributed by atoms with Gasteiger partial charge in [0.15, 0.2) is 0 Å². The van der Waals surface area contributed by atoms with E-state index in [-0.39, 0.29) is 30.1 Å². The van der Waals surface area contributed by atoms with Crippen LogP contribution in [0.25, 0.3) is 22.0 Å². The van der Waals surface area contributed by atoms with Crippen LogP contribution in [0.2, 0.25) is 0 Å². The number of fused-ring (bicyclic) bond motifs is 1. The van der Waals surface area contributed by atoms with E-state index >= 15 is 0 Å². The van der Waals surface area contributed by atoms with Crippen LogP contribution in [-0.2, 0) is 11.8 Å². The molecule has 11 nitrogen and oxygen atoms in total. The molecule has 5 rings (SSSR count). The first-order chi connectivity index (χ1) is 17.4. The molecular weight excluding hydrogens is 460 g/mol. The van der Waals surface area contributed by atoms with Crippen molar-refractivity contribution in [2.45, 2.75) is 38.8 Å². The third-order valence-corrected chi connectivity index (χ3v) is 6.14. The van der Waals surface area contributed by atoms with E-state index in [1.54, 1.807) is 32.9 Å². The Balaban J connectivity index is 1.24. The average molecular weight is 489 g/mol. The van der Waals surface area contributed by atoms with Crippen molar-refractivity contribution >= 4 is 28.9 Å². The molecule has 1 aromatic carbocycles. The van der Waals surface area contributed by atoms with Crippen molar-refractivity contribution in [2.24, 2.45) is 7.05 Å². The van der Waals surface area contributed by atoms with Gasteiger partial charge in [-0.15, -0.1) is 0 Å². The van der Waals surface area contributed by atoms with Gasteiger partial charge in [0.2, 0.25) is 5.95 Å². The topological polar surface area (TPSA) is 120 Å². The summed E-state index contributed by atoms with van der Waals surface area (Å²) in [6.07, 6.45) is 9.73. The molecule has 3 aromatic heterocycles. The number of aryl methyl sites for hydroxylation is 1. The lowest BCUT2D eigenvalue weighted by Gasteiger charge is -2.31. The Hall–Kier alpha value is -4.28. The lowest BCUT2D eigenvalue weighted by Crippen LogP contribution is -2.40. The minimum absolute atomic E-state index is 0.109. The van der Waals surface area contributed by atoms with Crippen LogP contribution in [0.3, 0.4) is 0 Å². The maximum absolute atomic E-state index is 12.9. The van der Waals surface area contributed by atoms with Gasteiger partial charge in [-0.25, -0.2) is 14.8 Å². The van der Waals surface area contributed by atoms with Gasteiger partial charge in [0.25, 0.3) is 5.91 Å². The number of nitrogens with one attached hydrogen (secondary N) is 1. The van der Waals surface area contributed by atoms with Gasteiger partial charge in [-0.2, -0.15) is 10.2 Å². The van der Waals surface area contributed by atoms with Gasteiger partial charge in [0.1, 0.15) is 0 Å². The van der Waals surface area contributed by atoms with Crippen molar-refractivity contribution in [1.29, 1.82) is 0 Å². The molecule has 1 saturated heterocycles. The Labute approximate surface area is 208 Å². The Morgan fingerprint density at radius 1 is 1.06 bits per heavy atom. The van der Waals surface area contributed by atoms with Crippen molar-refractivity contribution in [3.05, 3.63) is 54.7 Å². The lowest BCUT2D eigenvalue weighted by atomic mass is 10.1. The maximum Gasteiger partial charge on any atom is 0.410 e. The molecule has 0 saturated carbocycles. The average Bonchev–Trinajstić information content (AvgIpc) is 3.53. The standard InChI is InChI=1S/C25H28N8O3/c1-16(2)36-25(35)32-8-6-21(7-9-32)33-15-20(13-28-33)23(34)30-24-26-11-18-5-4-17(10-22(18)29-24)19-12-27-31(3)14-19/h4-5,10-16,21H,6-9H2,1-3H3,(H,26,29,30,34). The van der Waals surface area contributed by atoms with Crippen LogP contribution in [0.15, 0.2) is 49.2 Å². The summed E-state index contributed by atoms with van der Waals surface area (Å²) in [4.78, 5) is 35.5. The van der Waals surface area contributed by atoms with Crippen molar-refractivity contribution in [3.8, 4) is 11.1 Å². The lowest BCUT2D eigenvalue weighted by molar-refractivity contribution is 0.0653. The smallest absolute Gasteiger partial charge is 0.410 e. The summed E-state index contributed by atoms with van der Waals surface area (Å²) < 4.78 is 8.81. The Morgan fingerprint density at radius 3 is 2.58 bits per heavy atom. The van der Waals surface area contributed by atoms with Crippen LogP contribution < -0.4 is 5.32 Å². The fourth-order valence-corrected chi connectivity index (χ4v) is 4.25. The third-order valence-electron chi connectivity index (χ3n) is 6.14. The number of anilines is 1. The first kappa shape index (κ1) is 23.5. The SMILES string of the molecule is CC(C)OC(=O)N1CCC(n2cc(C(=O)Nc3ncc4ccc(-c5cnn(C)c5)cc4n3)cn2)CC1. The normalized spacial score (nSPS) is 14.4. The Bertz CT molecular complexity index is 1400. The van der Waals surface area contributed by atoms with Gasteiger partial charge >= 0.3 is 6.09 Å². The van der Waals surface area contributed by atoms with E-state index < -0.39 is 0 Å². The molecule has 11 heteroatoms. The van der Waals surface area contributed by atoms with Gasteiger partial charge < -0.3 is 9.64 Å². The number of ether oxygens (including phenoxy) is 1. The number of likely N-dealkylation sites (tertiary alicyclic amines) is 1. The number of benzene rings is 1. The molecule has 0 aliphatic carbocycles. The quantitative estimate of drug-likeness (QED) is 0.455. The number of nitrogens with zero attached hydrogens (tertiary/aromatic N) is 7. The molecular formula is C25H28N8O3. The van der Waals surface area contributed by atoms with Crippen molar-refractivity contribution < 1.29 is 14.3 Å². The molecule has 186 valence electrons. The summed E-state index contributed by atoms with van der Waals surface area (Å²) in [5.74, 6) is -0.109. The summed E-state index contributed by atoms with van der Waals surface area (Å²) in [6.45, 7) is 4.85. The highest BCUT2D eigenvalue weighted by molar-refractivity contribution is 6.03. The summed E-state index contributed by atoms with van der Waals surface area (Å²) in [7, 11) is 1.87. The molecule has 0 unspecified atom stereocenters. The van der Waals surface area contributed by atoms with Gasteiger partial charge in [0.05, 0.1) is 35.6 Å². The second-order valence-corrected chi connectivity index (χ2v) is 9.18. The number of carbonyl (C=O) groups is 2. The molecule has 4 heterocycles. The van der Waals surface area contributed by atoms with E-state index in [0.29, 0.717) is 18.7 Å². The second kappa shape index (κ2) is 9.76. The number of hydrogen-bond acceptors (Lipinski definition) is 7. The van der Waals surface area contributed by atoms with E-state index in [2.05, 4.69) is 25.5 Å². The van der Waals surface area contributed by atoms with Gasteiger partial charge in [-0.05, 0) is 38.3 Å². The van der Waals surface area contributed by atoms with E-state index in [0.717, 1.165) is 34.9 Å². The van der Waals surface area contributed by atoms with Gasteiger partial charge in [-0.1, -0.05) is 12.1 Å². The molecule has 0 radical (unpaired) electrons. The summed E-state index contributed by atoms with van der Waals surface area (Å²) in [5, 5.41) is 12.2. The van der Waals surface area contributed by atoms with Gasteiger partial charge in [-0.3, -0.25) is 19.5 Å². The monoisotopic (exact) mass is 488 g/mol. The van der Waals surface area contributed by atoms with Crippen molar-refractivity contribution in [3.63, 3.8) is 0 Å². The van der Waals surface area contributed by atoms with Gasteiger partial charge in [0, 0.05) is 49.7 Å². The van der Waals surface area contributed by atoms with Crippen LogP contribution in [-0.4, -0.2) is 65.6 Å². The molecule has 36 heavy (non-hydrogen) atoms. The number of aromatic nitrogens is 6. The molecule has 1 fully saturated rings. The molecule has 4 aromatic rings. The molecule has 0 atom stereocenters. The molecule has 1 N–H and O–H groups in total. The summed E-state index contributed by atoms with van der Waals surface area (Å²) in [5.41, 5.74) is 3.11. The van der Waals surface area contributed by atoms with E-state index in [4.69, 9.17) is 4.74 Å². The van der Waals surface area contributed by atoms with Crippen LogP contribution in [0.4, 0.5) is 10.7 Å². The zero-order chi connectivity index (χ0) is 25.2. The second-order valence-electron chi connectivity index (χ2n) is 9.18. The number of hydrogen-bond donors (Lipinski definition) is 1. The Morgan fingerprint density at radius 2 is 1.86 bits per heavy atom. The fourth-order valence-electron chi connectivity index (χ4n) is 4.25. The number of piperidine rings is 1. The molecule has 0 spiro atoms. The summed E-state index contributed by atoms with van der Waals surface area (Å²) >= 11 is 0. The largest absolute Gasteiger partial charge is 0.447 e. The van der Waals surface area contributed by atoms with Crippen LogP contribution in [0, 0.1) is 0 Å². The minimum Gasteiger partial charge on any atom is -0.447 e. The highest BCUT2D eigenvalue weighted by Gasteiger charge is 2.26. The van der Waals surface area contributed by atoms with Crippen LogP contribution in [0.1, 0.15) is 43.1 Å². The predicted molar refractivity (Wildman–Crippen MR) is 133 cm³/mol. The number of carbonyl (C=O) groups excluding carboxylic acids is 2. The number of rotatable bonds is 5. The highest BCUT2D eigenvalue weighted by Crippen LogP contribution is 2.25. The predicted octanol–water partition coefficient (Wildman–Crippen LogP) is 3.66. The van der Waals surface area contributed by atoms with Crippen molar-refractivity contribution in [2.75, 3.05) is 18.4 Å². The Kier molecular flexibility index (Phi) is 6.36. The maximum atomic E-state index is 12.9. The zero-order valence-corrected chi connectivity index (χ0v) is 20.5. The molecule has 1 aliphatic heterocycles. The van der Waals surface area contributed by atoms with Crippen LogP contribution in [0.5, 0.6) is 0 Å². The van der Waals surface area contributed by atoms with E-state index in [1.165, 1.54) is 6.20 Å². The zero-order valence-electron chi connectivity index (χ0n) is 20.5. The molecule has 1 aliphatic rings. The van der Waals surface area contributed by atoms with E-state index in [1.807, 2.05) is 45.3 Å². The third kappa shape index (κ3) is 5.04. The summed E-state index contributed by atoms with van der Waals surface area (Å²) in [6, 6.07) is 6.00.